The van der Waals surface area contributed by atoms with Crippen LogP contribution in [0.15, 0.2) is 57.7 Å². The van der Waals surface area contributed by atoms with Crippen molar-refractivity contribution in [2.75, 3.05) is 38.2 Å². The fourth-order valence-corrected chi connectivity index (χ4v) is 3.60. The molecule has 1 fully saturated rings. The predicted octanol–water partition coefficient (Wildman–Crippen LogP) is 2.34. The Morgan fingerprint density at radius 1 is 1.04 bits per heavy atom. The zero-order valence-electron chi connectivity index (χ0n) is 15.8. The number of carbonyl (C=O) groups excluding carboxylic acids is 1. The highest BCUT2D eigenvalue weighted by Gasteiger charge is 2.21. The summed E-state index contributed by atoms with van der Waals surface area (Å²) in [5.74, 6) is 0.476. The lowest BCUT2D eigenvalue weighted by Crippen LogP contribution is -2.49. The van der Waals surface area contributed by atoms with Gasteiger partial charge in [-0.15, -0.1) is 0 Å². The van der Waals surface area contributed by atoms with E-state index in [0.717, 1.165) is 30.0 Å². The van der Waals surface area contributed by atoms with E-state index in [2.05, 4.69) is 4.90 Å². The van der Waals surface area contributed by atoms with Crippen molar-refractivity contribution in [2.24, 2.45) is 0 Å². The number of ether oxygens (including phenoxy) is 1. The highest BCUT2D eigenvalue weighted by molar-refractivity contribution is 5.77. The third-order valence-corrected chi connectivity index (χ3v) is 5.19. The van der Waals surface area contributed by atoms with Crippen LogP contribution in [-0.2, 0) is 11.3 Å². The van der Waals surface area contributed by atoms with Crippen LogP contribution in [0.5, 0.6) is 5.75 Å². The summed E-state index contributed by atoms with van der Waals surface area (Å²) < 4.78 is 11.9. The smallest absolute Gasteiger partial charge is 0.419 e. The Morgan fingerprint density at radius 3 is 2.46 bits per heavy atom. The maximum atomic E-state index is 12.6. The molecule has 0 unspecified atom stereocenters. The van der Waals surface area contributed by atoms with Crippen molar-refractivity contribution in [3.63, 3.8) is 0 Å². The van der Waals surface area contributed by atoms with Gasteiger partial charge in [0, 0.05) is 44.8 Å². The number of methoxy groups -OCH3 is 1. The molecular formula is C21H23N3O4. The highest BCUT2D eigenvalue weighted by Crippen LogP contribution is 2.21. The summed E-state index contributed by atoms with van der Waals surface area (Å²) in [6, 6.07) is 15.2. The van der Waals surface area contributed by atoms with Gasteiger partial charge in [-0.05, 0) is 36.4 Å². The molecule has 4 rings (SSSR count). The molecule has 7 nitrogen and oxygen atoms in total. The molecule has 0 saturated carbocycles. The molecule has 3 aromatic rings. The van der Waals surface area contributed by atoms with Crippen molar-refractivity contribution in [2.45, 2.75) is 13.0 Å². The van der Waals surface area contributed by atoms with Gasteiger partial charge in [0.2, 0.25) is 5.91 Å². The highest BCUT2D eigenvalue weighted by atomic mass is 16.5. The molecule has 1 aliphatic heterocycles. The molecule has 0 spiro atoms. The number of nitrogens with zero attached hydrogens (tertiary/aromatic N) is 3. The fraction of sp³-hybridized carbons (Fsp3) is 0.333. The number of hydrogen-bond acceptors (Lipinski definition) is 5. The Hall–Kier alpha value is -3.22. The number of anilines is 1. The minimum Gasteiger partial charge on any atom is -0.497 e. The zero-order valence-corrected chi connectivity index (χ0v) is 15.8. The zero-order chi connectivity index (χ0) is 19.5. The van der Waals surface area contributed by atoms with Crippen molar-refractivity contribution in [1.29, 1.82) is 0 Å². The molecule has 7 heteroatoms. The number of aromatic nitrogens is 1. The standard InChI is InChI=1S/C21H23N3O4/c1-27-17-8-6-16(7-9-17)22-12-14-23(15-13-22)20(25)10-11-24-18-4-2-3-5-19(18)28-21(24)26/h2-9H,10-15H2,1H3. The number of fused-ring (bicyclic) bond motifs is 1. The van der Waals surface area contributed by atoms with Crippen LogP contribution in [0.2, 0.25) is 0 Å². The molecule has 1 aliphatic rings. The summed E-state index contributed by atoms with van der Waals surface area (Å²) in [4.78, 5) is 28.8. The van der Waals surface area contributed by atoms with Crippen LogP contribution >= 0.6 is 0 Å². The second kappa shape index (κ2) is 7.80. The Morgan fingerprint density at radius 2 is 1.75 bits per heavy atom. The van der Waals surface area contributed by atoms with E-state index in [9.17, 15) is 9.59 Å². The predicted molar refractivity (Wildman–Crippen MR) is 107 cm³/mol. The molecule has 0 bridgehead atoms. The maximum absolute atomic E-state index is 12.6. The molecule has 1 saturated heterocycles. The van der Waals surface area contributed by atoms with Gasteiger partial charge in [0.05, 0.1) is 12.6 Å². The van der Waals surface area contributed by atoms with Gasteiger partial charge in [-0.1, -0.05) is 12.1 Å². The number of oxazole rings is 1. The molecular weight excluding hydrogens is 358 g/mol. The molecule has 2 heterocycles. The van der Waals surface area contributed by atoms with Crippen molar-refractivity contribution in [3.8, 4) is 5.75 Å². The van der Waals surface area contributed by atoms with Gasteiger partial charge in [-0.25, -0.2) is 4.79 Å². The average molecular weight is 381 g/mol. The number of hydrogen-bond donors (Lipinski definition) is 0. The lowest BCUT2D eigenvalue weighted by Gasteiger charge is -2.36. The van der Waals surface area contributed by atoms with E-state index in [1.54, 1.807) is 13.2 Å². The molecule has 0 radical (unpaired) electrons. The van der Waals surface area contributed by atoms with Crippen LogP contribution in [0.4, 0.5) is 5.69 Å². The Balaban J connectivity index is 1.33. The molecule has 0 atom stereocenters. The van der Waals surface area contributed by atoms with Crippen molar-refractivity contribution in [3.05, 3.63) is 59.1 Å². The van der Waals surface area contributed by atoms with Crippen LogP contribution < -0.4 is 15.4 Å². The van der Waals surface area contributed by atoms with Gasteiger partial charge >= 0.3 is 5.76 Å². The van der Waals surface area contributed by atoms with Gasteiger partial charge < -0.3 is 19.0 Å². The minimum absolute atomic E-state index is 0.0616. The number of aryl methyl sites for hydroxylation is 1. The van der Waals surface area contributed by atoms with Crippen LogP contribution in [0.25, 0.3) is 11.1 Å². The number of piperazine rings is 1. The SMILES string of the molecule is COc1ccc(N2CCN(C(=O)CCn3c(=O)oc4ccccc43)CC2)cc1. The fourth-order valence-electron chi connectivity index (χ4n) is 3.60. The summed E-state index contributed by atoms with van der Waals surface area (Å²) in [6.45, 7) is 3.24. The van der Waals surface area contributed by atoms with Crippen LogP contribution in [0.1, 0.15) is 6.42 Å². The largest absolute Gasteiger partial charge is 0.497 e. The van der Waals surface area contributed by atoms with E-state index in [4.69, 9.17) is 9.15 Å². The summed E-state index contributed by atoms with van der Waals surface area (Å²) >= 11 is 0. The maximum Gasteiger partial charge on any atom is 0.419 e. The number of para-hydroxylation sites is 2. The number of amides is 1. The van der Waals surface area contributed by atoms with E-state index in [1.165, 1.54) is 4.57 Å². The molecule has 1 aromatic heterocycles. The Kier molecular flexibility index (Phi) is 5.06. The van der Waals surface area contributed by atoms with Gasteiger partial charge in [0.25, 0.3) is 0 Å². The lowest BCUT2D eigenvalue weighted by molar-refractivity contribution is -0.131. The second-order valence-corrected chi connectivity index (χ2v) is 6.80. The van der Waals surface area contributed by atoms with Gasteiger partial charge in [-0.2, -0.15) is 0 Å². The molecule has 2 aromatic carbocycles. The van der Waals surface area contributed by atoms with E-state index in [0.29, 0.717) is 25.2 Å². The van der Waals surface area contributed by atoms with Crippen molar-refractivity contribution in [1.82, 2.24) is 9.47 Å². The van der Waals surface area contributed by atoms with Crippen LogP contribution in [0.3, 0.4) is 0 Å². The first kappa shape index (κ1) is 18.2. The van der Waals surface area contributed by atoms with E-state index >= 15 is 0 Å². The quantitative estimate of drug-likeness (QED) is 0.679. The van der Waals surface area contributed by atoms with Crippen molar-refractivity contribution < 1.29 is 13.9 Å². The second-order valence-electron chi connectivity index (χ2n) is 6.80. The minimum atomic E-state index is -0.418. The summed E-state index contributed by atoms with van der Waals surface area (Å²) in [7, 11) is 1.65. The first-order chi connectivity index (χ1) is 13.7. The molecule has 146 valence electrons. The van der Waals surface area contributed by atoms with Gasteiger partial charge in [0.15, 0.2) is 5.58 Å². The first-order valence-electron chi connectivity index (χ1n) is 9.41. The summed E-state index contributed by atoms with van der Waals surface area (Å²) in [5, 5.41) is 0. The van der Waals surface area contributed by atoms with Crippen LogP contribution in [0, 0.1) is 0 Å². The summed E-state index contributed by atoms with van der Waals surface area (Å²) in [5.41, 5.74) is 2.40. The van der Waals surface area contributed by atoms with Crippen LogP contribution in [-0.4, -0.2) is 48.7 Å². The monoisotopic (exact) mass is 381 g/mol. The molecule has 28 heavy (non-hydrogen) atoms. The molecule has 0 N–H and O–H groups in total. The number of rotatable bonds is 5. The lowest BCUT2D eigenvalue weighted by atomic mass is 10.2. The van der Waals surface area contributed by atoms with E-state index in [-0.39, 0.29) is 12.3 Å². The molecule has 0 aliphatic carbocycles. The Bertz CT molecular complexity index is 1010. The normalized spacial score (nSPS) is 14.5. The third-order valence-electron chi connectivity index (χ3n) is 5.19. The third kappa shape index (κ3) is 3.60. The number of benzene rings is 2. The van der Waals surface area contributed by atoms with E-state index in [1.807, 2.05) is 47.4 Å². The van der Waals surface area contributed by atoms with E-state index < -0.39 is 5.76 Å². The number of carbonyl (C=O) groups is 1. The summed E-state index contributed by atoms with van der Waals surface area (Å²) in [6.07, 6.45) is 0.284. The van der Waals surface area contributed by atoms with Gasteiger partial charge in [-0.3, -0.25) is 9.36 Å². The average Bonchev–Trinajstić information content (AvgIpc) is 3.07. The topological polar surface area (TPSA) is 67.9 Å². The van der Waals surface area contributed by atoms with Crippen molar-refractivity contribution >= 4 is 22.7 Å². The Labute approximate surface area is 162 Å². The van der Waals surface area contributed by atoms with Gasteiger partial charge in [0.1, 0.15) is 5.75 Å². The first-order valence-corrected chi connectivity index (χ1v) is 9.41. The molecule has 1 amide bonds.